The fraction of sp³-hybridized carbons (Fsp3) is 0.294. The average Bonchev–Trinajstić information content (AvgIpc) is 3.30. The highest BCUT2D eigenvalue weighted by atomic mass is 79.9. The minimum Gasteiger partial charge on any atom is -0.486 e. The van der Waals surface area contributed by atoms with E-state index in [4.69, 9.17) is 4.74 Å². The van der Waals surface area contributed by atoms with Crippen molar-refractivity contribution in [1.82, 2.24) is 5.32 Å². The van der Waals surface area contributed by atoms with Crippen molar-refractivity contribution in [3.8, 4) is 5.75 Å². The van der Waals surface area contributed by atoms with E-state index in [9.17, 15) is 4.39 Å². The lowest BCUT2D eigenvalue weighted by Gasteiger charge is -2.10. The third-order valence-electron chi connectivity index (χ3n) is 3.51. The Morgan fingerprint density at radius 3 is 2.71 bits per heavy atom. The van der Waals surface area contributed by atoms with Crippen LogP contribution in [0.15, 0.2) is 46.9 Å². The van der Waals surface area contributed by atoms with Crippen molar-refractivity contribution < 1.29 is 9.13 Å². The number of ether oxygens (including phenoxy) is 1. The predicted molar refractivity (Wildman–Crippen MR) is 84.7 cm³/mol. The van der Waals surface area contributed by atoms with Crippen LogP contribution in [0.5, 0.6) is 5.75 Å². The Morgan fingerprint density at radius 2 is 2.00 bits per heavy atom. The molecule has 0 radical (unpaired) electrons. The molecular formula is C17H17BrFNO. The van der Waals surface area contributed by atoms with Crippen LogP contribution in [0.3, 0.4) is 0 Å². The van der Waals surface area contributed by atoms with Gasteiger partial charge in [0.1, 0.15) is 6.61 Å². The quantitative estimate of drug-likeness (QED) is 0.833. The summed E-state index contributed by atoms with van der Waals surface area (Å²) >= 11 is 3.56. The summed E-state index contributed by atoms with van der Waals surface area (Å²) in [4.78, 5) is 0. The van der Waals surface area contributed by atoms with Crippen LogP contribution >= 0.6 is 15.9 Å². The maximum atomic E-state index is 13.5. The molecule has 1 aliphatic carbocycles. The summed E-state index contributed by atoms with van der Waals surface area (Å²) in [6.07, 6.45) is 2.57. The van der Waals surface area contributed by atoms with Gasteiger partial charge in [0, 0.05) is 22.6 Å². The zero-order valence-corrected chi connectivity index (χ0v) is 13.2. The average molecular weight is 350 g/mol. The molecule has 0 aliphatic heterocycles. The van der Waals surface area contributed by atoms with Crippen molar-refractivity contribution in [2.75, 3.05) is 0 Å². The highest BCUT2D eigenvalue weighted by molar-refractivity contribution is 9.10. The summed E-state index contributed by atoms with van der Waals surface area (Å²) in [5, 5.41) is 3.48. The van der Waals surface area contributed by atoms with Gasteiger partial charge in [0.25, 0.3) is 0 Å². The van der Waals surface area contributed by atoms with Gasteiger partial charge in [0.05, 0.1) is 0 Å². The van der Waals surface area contributed by atoms with Gasteiger partial charge in [-0.15, -0.1) is 0 Å². The van der Waals surface area contributed by atoms with Crippen molar-refractivity contribution in [3.05, 3.63) is 63.9 Å². The van der Waals surface area contributed by atoms with Gasteiger partial charge in [-0.3, -0.25) is 0 Å². The largest absolute Gasteiger partial charge is 0.486 e. The van der Waals surface area contributed by atoms with Crippen molar-refractivity contribution in [1.29, 1.82) is 0 Å². The molecule has 21 heavy (non-hydrogen) atoms. The van der Waals surface area contributed by atoms with Crippen LogP contribution in [0.1, 0.15) is 24.0 Å². The van der Waals surface area contributed by atoms with Crippen LogP contribution in [0.25, 0.3) is 0 Å². The summed E-state index contributed by atoms with van der Waals surface area (Å²) in [6, 6.07) is 13.4. The first kappa shape index (κ1) is 14.5. The lowest BCUT2D eigenvalue weighted by Crippen LogP contribution is -2.15. The molecule has 3 rings (SSSR count). The SMILES string of the molecule is Fc1ccccc1OCc1ccc(CNC2CC2)cc1Br. The molecule has 2 aromatic rings. The number of benzene rings is 2. The highest BCUT2D eigenvalue weighted by Gasteiger charge is 2.19. The van der Waals surface area contributed by atoms with Gasteiger partial charge < -0.3 is 10.1 Å². The van der Waals surface area contributed by atoms with Gasteiger partial charge in [-0.1, -0.05) is 40.2 Å². The third-order valence-corrected chi connectivity index (χ3v) is 4.25. The molecule has 0 heterocycles. The van der Waals surface area contributed by atoms with Crippen LogP contribution in [-0.4, -0.2) is 6.04 Å². The fourth-order valence-electron chi connectivity index (χ4n) is 2.08. The topological polar surface area (TPSA) is 21.3 Å². The number of hydrogen-bond acceptors (Lipinski definition) is 2. The highest BCUT2D eigenvalue weighted by Crippen LogP contribution is 2.23. The van der Waals surface area contributed by atoms with Crippen LogP contribution < -0.4 is 10.1 Å². The number of halogens is 2. The van der Waals surface area contributed by atoms with Gasteiger partial charge in [0.15, 0.2) is 11.6 Å². The first-order valence-corrected chi connectivity index (χ1v) is 7.89. The minimum absolute atomic E-state index is 0.281. The van der Waals surface area contributed by atoms with Crippen LogP contribution in [0.4, 0.5) is 4.39 Å². The van der Waals surface area contributed by atoms with Crippen LogP contribution in [0, 0.1) is 5.82 Å². The second-order valence-corrected chi connectivity index (χ2v) is 6.15. The molecule has 1 N–H and O–H groups in total. The lowest BCUT2D eigenvalue weighted by atomic mass is 10.1. The number of hydrogen-bond donors (Lipinski definition) is 1. The van der Waals surface area contributed by atoms with Crippen LogP contribution in [0.2, 0.25) is 0 Å². The Labute approximate surface area is 132 Å². The zero-order valence-electron chi connectivity index (χ0n) is 11.6. The molecule has 0 saturated heterocycles. The molecule has 0 spiro atoms. The second-order valence-electron chi connectivity index (χ2n) is 5.30. The molecule has 0 unspecified atom stereocenters. The fourth-order valence-corrected chi connectivity index (χ4v) is 2.63. The summed E-state index contributed by atoms with van der Waals surface area (Å²) in [7, 11) is 0. The van der Waals surface area contributed by atoms with Gasteiger partial charge in [-0.05, 0) is 36.6 Å². The molecular weight excluding hydrogens is 333 g/mol. The number of nitrogens with one attached hydrogen (secondary N) is 1. The Balaban J connectivity index is 1.61. The van der Waals surface area contributed by atoms with E-state index < -0.39 is 0 Å². The molecule has 2 aromatic carbocycles. The first-order valence-electron chi connectivity index (χ1n) is 7.10. The van der Waals surface area contributed by atoms with E-state index in [1.807, 2.05) is 6.07 Å². The van der Waals surface area contributed by atoms with E-state index >= 15 is 0 Å². The van der Waals surface area contributed by atoms with Gasteiger partial charge in [-0.25, -0.2) is 4.39 Å². The molecule has 1 fully saturated rings. The van der Waals surface area contributed by atoms with Crippen molar-refractivity contribution in [2.45, 2.75) is 32.0 Å². The smallest absolute Gasteiger partial charge is 0.165 e. The Morgan fingerprint density at radius 1 is 1.19 bits per heavy atom. The van der Waals surface area contributed by atoms with E-state index in [1.54, 1.807) is 18.2 Å². The molecule has 0 bridgehead atoms. The molecule has 4 heteroatoms. The van der Waals surface area contributed by atoms with Gasteiger partial charge >= 0.3 is 0 Å². The maximum Gasteiger partial charge on any atom is 0.165 e. The van der Waals surface area contributed by atoms with E-state index in [0.29, 0.717) is 12.6 Å². The Kier molecular flexibility index (Phi) is 4.56. The van der Waals surface area contributed by atoms with Crippen LogP contribution in [-0.2, 0) is 13.2 Å². The Bertz CT molecular complexity index is 628. The summed E-state index contributed by atoms with van der Waals surface area (Å²) in [6.45, 7) is 1.23. The minimum atomic E-state index is -0.334. The zero-order chi connectivity index (χ0) is 14.7. The maximum absolute atomic E-state index is 13.5. The van der Waals surface area contributed by atoms with Crippen molar-refractivity contribution >= 4 is 15.9 Å². The summed E-state index contributed by atoms with van der Waals surface area (Å²) in [5.41, 5.74) is 2.25. The number of rotatable bonds is 6. The summed E-state index contributed by atoms with van der Waals surface area (Å²) < 4.78 is 20.0. The lowest BCUT2D eigenvalue weighted by molar-refractivity contribution is 0.289. The van der Waals surface area contributed by atoms with Gasteiger partial charge in [0.2, 0.25) is 0 Å². The third kappa shape index (κ3) is 4.05. The van der Waals surface area contributed by atoms with E-state index in [1.165, 1.54) is 24.5 Å². The van der Waals surface area contributed by atoms with Gasteiger partial charge in [-0.2, -0.15) is 0 Å². The first-order chi connectivity index (χ1) is 10.2. The molecule has 0 atom stereocenters. The second kappa shape index (κ2) is 6.58. The predicted octanol–water partition coefficient (Wildman–Crippen LogP) is 4.42. The summed E-state index contributed by atoms with van der Waals surface area (Å²) in [5.74, 6) is -0.0530. The standard InChI is InChI=1S/C17H17BrFNO/c18-15-9-12(10-20-14-7-8-14)5-6-13(15)11-21-17-4-2-1-3-16(17)19/h1-6,9,14,20H,7-8,10-11H2. The van der Waals surface area contributed by atoms with E-state index in [2.05, 4.69) is 33.4 Å². The normalized spacial score (nSPS) is 14.2. The molecule has 110 valence electrons. The molecule has 2 nitrogen and oxygen atoms in total. The molecule has 1 saturated carbocycles. The van der Waals surface area contributed by atoms with Crippen molar-refractivity contribution in [2.24, 2.45) is 0 Å². The van der Waals surface area contributed by atoms with Crippen molar-refractivity contribution in [3.63, 3.8) is 0 Å². The monoisotopic (exact) mass is 349 g/mol. The molecule has 1 aliphatic rings. The molecule has 0 amide bonds. The number of para-hydroxylation sites is 1. The van der Waals surface area contributed by atoms with E-state index in [0.717, 1.165) is 16.6 Å². The Hall–Kier alpha value is -1.39. The molecule has 0 aromatic heterocycles. The van der Waals surface area contributed by atoms with E-state index in [-0.39, 0.29) is 11.6 Å².